The number of hydrogen-bond acceptors (Lipinski definition) is 2. The van der Waals surface area contributed by atoms with Crippen LogP contribution >= 0.6 is 11.6 Å². The Morgan fingerprint density at radius 1 is 1.09 bits per heavy atom. The van der Waals surface area contributed by atoms with Crippen molar-refractivity contribution in [3.63, 3.8) is 0 Å². The Morgan fingerprint density at radius 3 is 2.74 bits per heavy atom. The minimum absolute atomic E-state index is 0.153. The van der Waals surface area contributed by atoms with Gasteiger partial charge in [0.05, 0.1) is 6.42 Å². The monoisotopic (exact) mass is 326 g/mol. The number of halogens is 1. The summed E-state index contributed by atoms with van der Waals surface area (Å²) in [6.07, 6.45) is 0.228. The zero-order valence-electron chi connectivity index (χ0n) is 12.3. The van der Waals surface area contributed by atoms with Crippen LogP contribution in [-0.4, -0.2) is 10.9 Å². The zero-order valence-corrected chi connectivity index (χ0v) is 13.1. The molecular formula is C18H15ClN2O2. The second-order valence-electron chi connectivity index (χ2n) is 5.29. The van der Waals surface area contributed by atoms with Crippen LogP contribution in [0, 0.1) is 0 Å². The quantitative estimate of drug-likeness (QED) is 0.774. The van der Waals surface area contributed by atoms with Crippen LogP contribution in [0.2, 0.25) is 5.02 Å². The lowest BCUT2D eigenvalue weighted by Crippen LogP contribution is -2.27. The Balaban J connectivity index is 1.69. The van der Waals surface area contributed by atoms with E-state index in [-0.39, 0.29) is 24.4 Å². The second kappa shape index (κ2) is 6.67. The molecule has 0 aliphatic rings. The predicted molar refractivity (Wildman–Crippen MR) is 91.6 cm³/mol. The van der Waals surface area contributed by atoms with Crippen molar-refractivity contribution in [2.24, 2.45) is 0 Å². The van der Waals surface area contributed by atoms with E-state index in [1.165, 1.54) is 0 Å². The van der Waals surface area contributed by atoms with Gasteiger partial charge in [-0.15, -0.1) is 0 Å². The molecule has 0 saturated carbocycles. The van der Waals surface area contributed by atoms with Crippen LogP contribution in [0.5, 0.6) is 0 Å². The number of rotatable bonds is 4. The fourth-order valence-electron chi connectivity index (χ4n) is 2.41. The molecule has 2 N–H and O–H groups in total. The molecule has 3 aromatic rings. The van der Waals surface area contributed by atoms with Crippen LogP contribution < -0.4 is 10.9 Å². The number of para-hydroxylation sites is 1. The van der Waals surface area contributed by atoms with Gasteiger partial charge >= 0.3 is 0 Å². The molecule has 0 unspecified atom stereocenters. The molecule has 0 fully saturated rings. The third kappa shape index (κ3) is 3.79. The van der Waals surface area contributed by atoms with E-state index >= 15 is 0 Å². The molecule has 0 radical (unpaired) electrons. The molecule has 0 aliphatic heterocycles. The molecular weight excluding hydrogens is 312 g/mol. The molecule has 116 valence electrons. The number of aromatic amines is 1. The number of nitrogens with one attached hydrogen (secondary N) is 2. The van der Waals surface area contributed by atoms with Crippen LogP contribution in [0.15, 0.2) is 59.4 Å². The third-order valence-electron chi connectivity index (χ3n) is 3.56. The van der Waals surface area contributed by atoms with E-state index in [0.717, 1.165) is 16.5 Å². The van der Waals surface area contributed by atoms with E-state index in [0.29, 0.717) is 10.6 Å². The van der Waals surface area contributed by atoms with Gasteiger partial charge in [-0.25, -0.2) is 0 Å². The summed E-state index contributed by atoms with van der Waals surface area (Å²) in [5, 5.41) is 4.31. The average molecular weight is 327 g/mol. The van der Waals surface area contributed by atoms with Crippen LogP contribution in [0.1, 0.15) is 11.1 Å². The number of benzene rings is 2. The van der Waals surface area contributed by atoms with E-state index in [1.54, 1.807) is 24.3 Å². The molecule has 0 aliphatic carbocycles. The SMILES string of the molecule is O=C(Cc1cccc(Cl)c1)NCc1cc2ccccc2[nH]c1=O. The van der Waals surface area contributed by atoms with E-state index in [2.05, 4.69) is 10.3 Å². The Bertz CT molecular complexity index is 918. The fraction of sp³-hybridized carbons (Fsp3) is 0.111. The summed E-state index contributed by atoms with van der Waals surface area (Å²) >= 11 is 5.90. The minimum Gasteiger partial charge on any atom is -0.352 e. The van der Waals surface area contributed by atoms with Crippen molar-refractivity contribution < 1.29 is 4.79 Å². The first-order chi connectivity index (χ1) is 11.1. The van der Waals surface area contributed by atoms with Crippen molar-refractivity contribution in [1.82, 2.24) is 10.3 Å². The normalized spacial score (nSPS) is 10.7. The average Bonchev–Trinajstić information content (AvgIpc) is 2.53. The standard InChI is InChI=1S/C18H15ClN2O2/c19-15-6-3-4-12(8-15)9-17(22)20-11-14-10-13-5-1-2-7-16(13)21-18(14)23/h1-8,10H,9,11H2,(H,20,22)(H,21,23). The van der Waals surface area contributed by atoms with Crippen molar-refractivity contribution in [3.8, 4) is 0 Å². The molecule has 0 bridgehead atoms. The number of carbonyl (C=O) groups excluding carboxylic acids is 1. The van der Waals surface area contributed by atoms with E-state index in [1.807, 2.05) is 30.3 Å². The predicted octanol–water partition coefficient (Wildman–Crippen LogP) is 3.04. The minimum atomic E-state index is -0.188. The number of carbonyl (C=O) groups is 1. The molecule has 4 nitrogen and oxygen atoms in total. The first-order valence-corrected chi connectivity index (χ1v) is 7.62. The number of hydrogen-bond donors (Lipinski definition) is 2. The third-order valence-corrected chi connectivity index (χ3v) is 3.80. The highest BCUT2D eigenvalue weighted by molar-refractivity contribution is 6.30. The molecule has 2 aromatic carbocycles. The molecule has 1 heterocycles. The number of fused-ring (bicyclic) bond motifs is 1. The summed E-state index contributed by atoms with van der Waals surface area (Å²) in [5.41, 5.74) is 1.96. The lowest BCUT2D eigenvalue weighted by atomic mass is 10.1. The van der Waals surface area contributed by atoms with Crippen molar-refractivity contribution in [2.75, 3.05) is 0 Å². The van der Waals surface area contributed by atoms with Gasteiger partial charge in [-0.3, -0.25) is 9.59 Å². The van der Waals surface area contributed by atoms with Crippen LogP contribution in [0.4, 0.5) is 0 Å². The van der Waals surface area contributed by atoms with Gasteiger partial charge in [-0.1, -0.05) is 41.9 Å². The van der Waals surface area contributed by atoms with Crippen molar-refractivity contribution >= 4 is 28.4 Å². The van der Waals surface area contributed by atoms with Gasteiger partial charge in [-0.2, -0.15) is 0 Å². The lowest BCUT2D eigenvalue weighted by molar-refractivity contribution is -0.120. The van der Waals surface area contributed by atoms with Crippen molar-refractivity contribution in [3.05, 3.63) is 81.1 Å². The van der Waals surface area contributed by atoms with Crippen molar-refractivity contribution in [2.45, 2.75) is 13.0 Å². The smallest absolute Gasteiger partial charge is 0.253 e. The van der Waals surface area contributed by atoms with E-state index in [4.69, 9.17) is 11.6 Å². The first kappa shape index (κ1) is 15.3. The topological polar surface area (TPSA) is 62.0 Å². The Morgan fingerprint density at radius 2 is 1.91 bits per heavy atom. The highest BCUT2D eigenvalue weighted by Crippen LogP contribution is 2.12. The van der Waals surface area contributed by atoms with Gasteiger partial charge in [0.25, 0.3) is 5.56 Å². The summed E-state index contributed by atoms with van der Waals surface area (Å²) in [6.45, 7) is 0.194. The van der Waals surface area contributed by atoms with Gasteiger partial charge < -0.3 is 10.3 Å². The summed E-state index contributed by atoms with van der Waals surface area (Å²) in [7, 11) is 0. The molecule has 5 heteroatoms. The number of aromatic nitrogens is 1. The van der Waals surface area contributed by atoms with Crippen LogP contribution in [-0.2, 0) is 17.8 Å². The van der Waals surface area contributed by atoms with Gasteiger partial charge in [0, 0.05) is 22.6 Å². The summed E-state index contributed by atoms with van der Waals surface area (Å²) in [5.74, 6) is -0.153. The maximum absolute atomic E-state index is 12.0. The highest BCUT2D eigenvalue weighted by atomic mass is 35.5. The number of H-pyrrole nitrogens is 1. The molecule has 3 rings (SSSR count). The highest BCUT2D eigenvalue weighted by Gasteiger charge is 2.07. The largest absolute Gasteiger partial charge is 0.352 e. The fourth-order valence-corrected chi connectivity index (χ4v) is 2.63. The molecule has 0 saturated heterocycles. The number of amides is 1. The molecule has 1 amide bonds. The van der Waals surface area contributed by atoms with E-state index in [9.17, 15) is 9.59 Å². The first-order valence-electron chi connectivity index (χ1n) is 7.24. The molecule has 0 atom stereocenters. The zero-order chi connectivity index (χ0) is 16.2. The molecule has 0 spiro atoms. The maximum atomic E-state index is 12.0. The van der Waals surface area contributed by atoms with Crippen LogP contribution in [0.3, 0.4) is 0 Å². The van der Waals surface area contributed by atoms with Crippen molar-refractivity contribution in [1.29, 1.82) is 0 Å². The number of pyridine rings is 1. The summed E-state index contributed by atoms with van der Waals surface area (Å²) in [6, 6.07) is 16.5. The Hall–Kier alpha value is -2.59. The van der Waals surface area contributed by atoms with Gasteiger partial charge in [0.1, 0.15) is 0 Å². The van der Waals surface area contributed by atoms with Gasteiger partial charge in [0.2, 0.25) is 5.91 Å². The summed E-state index contributed by atoms with van der Waals surface area (Å²) in [4.78, 5) is 26.8. The second-order valence-corrected chi connectivity index (χ2v) is 5.73. The van der Waals surface area contributed by atoms with Crippen LogP contribution in [0.25, 0.3) is 10.9 Å². The van der Waals surface area contributed by atoms with E-state index < -0.39 is 0 Å². The Kier molecular flexibility index (Phi) is 4.44. The van der Waals surface area contributed by atoms with Gasteiger partial charge in [-0.05, 0) is 35.2 Å². The Labute approximate surface area is 138 Å². The summed E-state index contributed by atoms with van der Waals surface area (Å²) < 4.78 is 0. The molecule has 23 heavy (non-hydrogen) atoms. The van der Waals surface area contributed by atoms with Gasteiger partial charge in [0.15, 0.2) is 0 Å². The maximum Gasteiger partial charge on any atom is 0.253 e. The molecule has 1 aromatic heterocycles. The lowest BCUT2D eigenvalue weighted by Gasteiger charge is -2.06.